The van der Waals surface area contributed by atoms with Gasteiger partial charge in [0, 0.05) is 0 Å². The molecule has 5 nitrogen and oxygen atoms in total. The number of hydrogen-bond donors (Lipinski definition) is 3. The van der Waals surface area contributed by atoms with E-state index < -0.39 is 6.09 Å². The number of nitrogens with one attached hydrogen (secondary N) is 1. The lowest BCUT2D eigenvalue weighted by atomic mass is 10.1. The van der Waals surface area contributed by atoms with Gasteiger partial charge in [-0.15, -0.1) is 0 Å². The molecule has 1 saturated heterocycles. The molecule has 0 spiro atoms. The van der Waals surface area contributed by atoms with Crippen LogP contribution >= 0.6 is 0 Å². The van der Waals surface area contributed by atoms with Gasteiger partial charge in [0.05, 0.1) is 25.9 Å². The lowest BCUT2D eigenvalue weighted by molar-refractivity contribution is 0.126. The lowest BCUT2D eigenvalue weighted by Gasteiger charge is -2.15. The highest BCUT2D eigenvalue weighted by Crippen LogP contribution is 2.52. The van der Waals surface area contributed by atoms with Crippen molar-refractivity contribution in [2.75, 3.05) is 19.8 Å². The Hall–Kier alpha value is -0.810. The summed E-state index contributed by atoms with van der Waals surface area (Å²) in [6.45, 7) is 1.31. The van der Waals surface area contributed by atoms with Crippen molar-refractivity contribution in [3.63, 3.8) is 0 Å². The van der Waals surface area contributed by atoms with E-state index in [0.29, 0.717) is 25.0 Å². The van der Waals surface area contributed by atoms with Crippen LogP contribution in [-0.2, 0) is 4.74 Å². The van der Waals surface area contributed by atoms with Crippen molar-refractivity contribution in [3.8, 4) is 0 Å². The zero-order valence-electron chi connectivity index (χ0n) is 7.14. The number of aliphatic hydroxyl groups is 1. The molecule has 0 bridgehead atoms. The number of fused-ring (bicyclic) bond motifs is 1. The first kappa shape index (κ1) is 8.77. The Morgan fingerprint density at radius 2 is 2.15 bits per heavy atom. The lowest BCUT2D eigenvalue weighted by Crippen LogP contribution is -2.39. The first-order valence-corrected chi connectivity index (χ1v) is 4.42. The van der Waals surface area contributed by atoms with Gasteiger partial charge in [-0.1, -0.05) is 0 Å². The highest BCUT2D eigenvalue weighted by molar-refractivity contribution is 5.65. The fraction of sp³-hybridized carbons (Fsp3) is 0.875. The summed E-state index contributed by atoms with van der Waals surface area (Å²) in [5.41, 5.74) is 0. The maximum Gasteiger partial charge on any atom is 0.404 e. The summed E-state index contributed by atoms with van der Waals surface area (Å²) in [5, 5.41) is 19.8. The van der Waals surface area contributed by atoms with E-state index in [1.54, 1.807) is 0 Å². The van der Waals surface area contributed by atoms with Crippen LogP contribution in [0.3, 0.4) is 0 Å². The molecule has 2 aliphatic rings. The molecule has 0 aromatic carbocycles. The molecule has 0 aromatic rings. The zero-order valence-corrected chi connectivity index (χ0v) is 7.14. The SMILES string of the molecule is O=C(O)NC(CO)[C@@H]1[C@@H]2COC[C@@H]21. The molecule has 4 atom stereocenters. The fourth-order valence-corrected chi connectivity index (χ4v) is 2.30. The van der Waals surface area contributed by atoms with Crippen molar-refractivity contribution in [2.45, 2.75) is 6.04 Å². The van der Waals surface area contributed by atoms with Gasteiger partial charge in [-0.25, -0.2) is 4.79 Å². The predicted octanol–water partition coefficient (Wildman–Crippen LogP) is -0.493. The number of carbonyl (C=O) groups is 1. The molecule has 1 amide bonds. The van der Waals surface area contributed by atoms with E-state index in [4.69, 9.17) is 14.9 Å². The van der Waals surface area contributed by atoms with E-state index in [2.05, 4.69) is 5.32 Å². The number of ether oxygens (including phenoxy) is 1. The molecular formula is C8H13NO4. The van der Waals surface area contributed by atoms with Crippen LogP contribution in [0.15, 0.2) is 0 Å². The molecular weight excluding hydrogens is 174 g/mol. The van der Waals surface area contributed by atoms with E-state index in [1.165, 1.54) is 0 Å². The van der Waals surface area contributed by atoms with E-state index in [1.807, 2.05) is 0 Å². The van der Waals surface area contributed by atoms with Crippen LogP contribution in [0.4, 0.5) is 4.79 Å². The average Bonchev–Trinajstić information content (AvgIpc) is 2.58. The minimum atomic E-state index is -1.06. The van der Waals surface area contributed by atoms with Gasteiger partial charge in [-0.05, 0) is 17.8 Å². The molecule has 1 aliphatic carbocycles. The van der Waals surface area contributed by atoms with Gasteiger partial charge in [-0.3, -0.25) is 0 Å². The summed E-state index contributed by atoms with van der Waals surface area (Å²) in [5.74, 6) is 1.21. The third-order valence-corrected chi connectivity index (χ3v) is 2.99. The highest BCUT2D eigenvalue weighted by atomic mass is 16.5. The standard InChI is InChI=1S/C8H13NO4/c10-1-6(9-8(11)12)7-4-2-13-3-5(4)7/h4-7,9-10H,1-3H2,(H,11,12)/t4-,5+,6?,7-. The second-order valence-electron chi connectivity index (χ2n) is 3.68. The van der Waals surface area contributed by atoms with Crippen molar-refractivity contribution in [1.29, 1.82) is 0 Å². The van der Waals surface area contributed by atoms with Crippen LogP contribution in [0.25, 0.3) is 0 Å². The number of carboxylic acid groups (broad SMARTS) is 1. The van der Waals surface area contributed by atoms with E-state index in [9.17, 15) is 4.79 Å². The minimum absolute atomic E-state index is 0.121. The van der Waals surface area contributed by atoms with Crippen LogP contribution < -0.4 is 5.32 Å². The summed E-state index contributed by atoms with van der Waals surface area (Å²) in [7, 11) is 0. The predicted molar refractivity (Wildman–Crippen MR) is 43.3 cm³/mol. The molecule has 3 N–H and O–H groups in total. The first-order chi connectivity index (χ1) is 6.24. The Morgan fingerprint density at radius 1 is 1.54 bits per heavy atom. The van der Waals surface area contributed by atoms with Crippen molar-refractivity contribution >= 4 is 6.09 Å². The molecule has 0 radical (unpaired) electrons. The first-order valence-electron chi connectivity index (χ1n) is 4.42. The summed E-state index contributed by atoms with van der Waals surface area (Å²) in [6, 6.07) is -0.309. The van der Waals surface area contributed by atoms with Crippen molar-refractivity contribution in [3.05, 3.63) is 0 Å². The smallest absolute Gasteiger partial charge is 0.404 e. The van der Waals surface area contributed by atoms with Crippen LogP contribution in [0.2, 0.25) is 0 Å². The quantitative estimate of drug-likeness (QED) is 0.557. The third kappa shape index (κ3) is 1.49. The summed E-state index contributed by atoms with van der Waals surface area (Å²) < 4.78 is 5.18. The summed E-state index contributed by atoms with van der Waals surface area (Å²) in [4.78, 5) is 10.4. The zero-order chi connectivity index (χ0) is 9.42. The number of amides is 1. The fourth-order valence-electron chi connectivity index (χ4n) is 2.30. The number of hydrogen-bond acceptors (Lipinski definition) is 3. The molecule has 1 aliphatic heterocycles. The molecule has 0 aromatic heterocycles. The van der Waals surface area contributed by atoms with Gasteiger partial charge in [0.2, 0.25) is 0 Å². The van der Waals surface area contributed by atoms with Crippen LogP contribution in [-0.4, -0.2) is 42.2 Å². The van der Waals surface area contributed by atoms with E-state index in [0.717, 1.165) is 0 Å². The van der Waals surface area contributed by atoms with Crippen molar-refractivity contribution < 1.29 is 19.7 Å². The van der Waals surface area contributed by atoms with Crippen molar-refractivity contribution in [1.82, 2.24) is 5.32 Å². The summed E-state index contributed by atoms with van der Waals surface area (Å²) >= 11 is 0. The Kier molecular flexibility index (Phi) is 2.13. The highest BCUT2D eigenvalue weighted by Gasteiger charge is 2.57. The number of rotatable bonds is 3. The van der Waals surface area contributed by atoms with Crippen LogP contribution in [0.5, 0.6) is 0 Å². The Labute approximate surface area is 75.7 Å². The maximum absolute atomic E-state index is 10.4. The largest absolute Gasteiger partial charge is 0.465 e. The molecule has 1 unspecified atom stereocenters. The molecule has 5 heteroatoms. The Bertz CT molecular complexity index is 210. The molecule has 1 heterocycles. The van der Waals surface area contributed by atoms with Gasteiger partial charge in [0.1, 0.15) is 0 Å². The minimum Gasteiger partial charge on any atom is -0.465 e. The van der Waals surface area contributed by atoms with E-state index >= 15 is 0 Å². The monoisotopic (exact) mass is 187 g/mol. The maximum atomic E-state index is 10.4. The summed E-state index contributed by atoms with van der Waals surface area (Å²) in [6.07, 6.45) is -1.06. The van der Waals surface area contributed by atoms with Crippen LogP contribution in [0.1, 0.15) is 0 Å². The van der Waals surface area contributed by atoms with Crippen molar-refractivity contribution in [2.24, 2.45) is 17.8 Å². The molecule has 2 rings (SSSR count). The molecule has 74 valence electrons. The average molecular weight is 187 g/mol. The van der Waals surface area contributed by atoms with E-state index in [-0.39, 0.29) is 18.6 Å². The van der Waals surface area contributed by atoms with Crippen LogP contribution in [0, 0.1) is 17.8 Å². The third-order valence-electron chi connectivity index (χ3n) is 2.99. The normalized spacial score (nSPS) is 38.1. The second-order valence-corrected chi connectivity index (χ2v) is 3.68. The second kappa shape index (κ2) is 3.16. The Morgan fingerprint density at radius 3 is 2.62 bits per heavy atom. The van der Waals surface area contributed by atoms with Gasteiger partial charge in [0.15, 0.2) is 0 Å². The molecule has 13 heavy (non-hydrogen) atoms. The van der Waals surface area contributed by atoms with Gasteiger partial charge >= 0.3 is 6.09 Å². The number of aliphatic hydroxyl groups excluding tert-OH is 1. The van der Waals surface area contributed by atoms with Gasteiger partial charge in [-0.2, -0.15) is 0 Å². The topological polar surface area (TPSA) is 78.8 Å². The molecule has 1 saturated carbocycles. The molecule has 2 fully saturated rings. The van der Waals surface area contributed by atoms with Gasteiger partial charge < -0.3 is 20.3 Å². The van der Waals surface area contributed by atoms with Gasteiger partial charge in [0.25, 0.3) is 0 Å². The Balaban J connectivity index is 1.88.